The Labute approximate surface area is 148 Å². The van der Waals surface area contributed by atoms with Crippen molar-refractivity contribution in [1.29, 1.82) is 0 Å². The summed E-state index contributed by atoms with van der Waals surface area (Å²) in [5, 5.41) is 3.42. The molecule has 120 valence electrons. The Morgan fingerprint density at radius 2 is 1.33 bits per heavy atom. The summed E-state index contributed by atoms with van der Waals surface area (Å²) in [4.78, 5) is 0. The zero-order valence-corrected chi connectivity index (χ0v) is 14.2. The zero-order chi connectivity index (χ0) is 16.8. The van der Waals surface area contributed by atoms with Gasteiger partial charge in [0.1, 0.15) is 0 Å². The van der Waals surface area contributed by atoms with Crippen molar-refractivity contribution in [3.8, 4) is 0 Å². The number of thiocarbonyl (C=S) groups is 1. The first-order valence-corrected chi connectivity index (χ1v) is 8.37. The van der Waals surface area contributed by atoms with Crippen molar-refractivity contribution in [2.45, 2.75) is 12.8 Å². The van der Waals surface area contributed by atoms with Crippen LogP contribution < -0.4 is 11.1 Å². The molecule has 3 aromatic rings. The van der Waals surface area contributed by atoms with Crippen LogP contribution in [-0.2, 0) is 12.8 Å². The van der Waals surface area contributed by atoms with E-state index in [0.717, 1.165) is 18.5 Å². The van der Waals surface area contributed by atoms with Gasteiger partial charge in [-0.3, -0.25) is 0 Å². The molecule has 0 spiro atoms. The normalized spacial score (nSPS) is 10.3. The van der Waals surface area contributed by atoms with E-state index in [9.17, 15) is 0 Å². The van der Waals surface area contributed by atoms with Crippen LogP contribution in [0.15, 0.2) is 78.9 Å². The van der Waals surface area contributed by atoms with E-state index in [-0.39, 0.29) is 0 Å². The molecule has 3 heteroatoms. The molecule has 0 aromatic heterocycles. The number of anilines is 1. The van der Waals surface area contributed by atoms with Gasteiger partial charge in [-0.2, -0.15) is 0 Å². The van der Waals surface area contributed by atoms with Crippen LogP contribution in [0, 0.1) is 0 Å². The van der Waals surface area contributed by atoms with E-state index in [1.54, 1.807) is 0 Å². The Morgan fingerprint density at radius 3 is 1.92 bits per heavy atom. The van der Waals surface area contributed by atoms with Crippen molar-refractivity contribution in [3.05, 3.63) is 101 Å². The van der Waals surface area contributed by atoms with Gasteiger partial charge >= 0.3 is 0 Å². The Kier molecular flexibility index (Phi) is 5.24. The molecular formula is C21H20N2S. The van der Waals surface area contributed by atoms with E-state index in [2.05, 4.69) is 72.0 Å². The molecule has 3 N–H and O–H groups in total. The average Bonchev–Trinajstić information content (AvgIpc) is 2.59. The Bertz CT molecular complexity index is 814. The third kappa shape index (κ3) is 4.43. The summed E-state index contributed by atoms with van der Waals surface area (Å²) in [6, 6.07) is 27.3. The molecule has 0 heterocycles. The third-order valence-electron chi connectivity index (χ3n) is 3.92. The summed E-state index contributed by atoms with van der Waals surface area (Å²) in [5.74, 6) is 0. The van der Waals surface area contributed by atoms with Crippen LogP contribution in [0.2, 0.25) is 0 Å². The maximum Gasteiger partial charge on any atom is 0.168 e. The number of benzene rings is 3. The topological polar surface area (TPSA) is 38.0 Å². The lowest BCUT2D eigenvalue weighted by Crippen LogP contribution is -2.20. The third-order valence-corrected chi connectivity index (χ3v) is 4.02. The van der Waals surface area contributed by atoms with Gasteiger partial charge in [0.2, 0.25) is 0 Å². The van der Waals surface area contributed by atoms with Crippen molar-refractivity contribution in [3.63, 3.8) is 0 Å². The molecule has 0 aliphatic carbocycles. The van der Waals surface area contributed by atoms with Crippen molar-refractivity contribution >= 4 is 23.0 Å². The van der Waals surface area contributed by atoms with Crippen LogP contribution in [-0.4, -0.2) is 5.11 Å². The number of hydrogen-bond donors (Lipinski definition) is 2. The van der Waals surface area contributed by atoms with Crippen molar-refractivity contribution in [2.24, 2.45) is 5.73 Å². The zero-order valence-electron chi connectivity index (χ0n) is 13.4. The monoisotopic (exact) mass is 332 g/mol. The molecule has 24 heavy (non-hydrogen) atoms. The van der Waals surface area contributed by atoms with Gasteiger partial charge in [-0.05, 0) is 53.4 Å². The first-order chi connectivity index (χ1) is 11.7. The van der Waals surface area contributed by atoms with Crippen LogP contribution in [0.4, 0.5) is 5.69 Å². The second-order valence-corrected chi connectivity index (χ2v) is 6.25. The van der Waals surface area contributed by atoms with E-state index in [4.69, 9.17) is 18.0 Å². The summed E-state index contributed by atoms with van der Waals surface area (Å²) < 4.78 is 0. The molecule has 3 aromatic carbocycles. The first-order valence-electron chi connectivity index (χ1n) is 7.97. The molecule has 3 rings (SSSR count). The van der Waals surface area contributed by atoms with Gasteiger partial charge in [0.15, 0.2) is 5.11 Å². The van der Waals surface area contributed by atoms with E-state index in [1.807, 2.05) is 12.1 Å². The lowest BCUT2D eigenvalue weighted by Gasteiger charge is -2.13. The predicted octanol–water partition coefficient (Wildman–Crippen LogP) is 4.52. The molecule has 0 unspecified atom stereocenters. The molecule has 0 radical (unpaired) electrons. The maximum atomic E-state index is 5.71. The van der Waals surface area contributed by atoms with E-state index in [0.29, 0.717) is 5.11 Å². The van der Waals surface area contributed by atoms with Gasteiger partial charge in [0.05, 0.1) is 0 Å². The summed E-state index contributed by atoms with van der Waals surface area (Å²) in [6.07, 6.45) is 1.73. The molecule has 0 amide bonds. The van der Waals surface area contributed by atoms with Gasteiger partial charge in [-0.25, -0.2) is 0 Å². The fourth-order valence-electron chi connectivity index (χ4n) is 2.78. The fourth-order valence-corrected chi connectivity index (χ4v) is 2.89. The van der Waals surface area contributed by atoms with Gasteiger partial charge in [-0.15, -0.1) is 0 Å². The quantitative estimate of drug-likeness (QED) is 0.675. The van der Waals surface area contributed by atoms with Crippen molar-refractivity contribution in [1.82, 2.24) is 0 Å². The van der Waals surface area contributed by atoms with Gasteiger partial charge < -0.3 is 11.1 Å². The molecule has 2 nitrogen and oxygen atoms in total. The van der Waals surface area contributed by atoms with Gasteiger partial charge in [0, 0.05) is 5.69 Å². The van der Waals surface area contributed by atoms with E-state index in [1.165, 1.54) is 22.3 Å². The molecule has 0 bridgehead atoms. The highest BCUT2D eigenvalue weighted by Crippen LogP contribution is 2.23. The van der Waals surface area contributed by atoms with E-state index < -0.39 is 0 Å². The van der Waals surface area contributed by atoms with Crippen LogP contribution >= 0.6 is 12.2 Å². The van der Waals surface area contributed by atoms with Crippen molar-refractivity contribution < 1.29 is 0 Å². The minimum Gasteiger partial charge on any atom is -0.376 e. The second-order valence-electron chi connectivity index (χ2n) is 5.81. The van der Waals surface area contributed by atoms with Crippen LogP contribution in [0.1, 0.15) is 22.3 Å². The number of hydrogen-bond acceptors (Lipinski definition) is 1. The molecule has 0 fully saturated rings. The summed E-state index contributed by atoms with van der Waals surface area (Å²) in [5.41, 5.74) is 11.7. The van der Waals surface area contributed by atoms with Crippen LogP contribution in [0.25, 0.3) is 0 Å². The first kappa shape index (κ1) is 16.2. The number of nitrogens with one attached hydrogen (secondary N) is 1. The number of nitrogens with two attached hydrogens (primary N) is 1. The lowest BCUT2D eigenvalue weighted by molar-refractivity contribution is 1.15. The molecule has 0 saturated carbocycles. The maximum absolute atomic E-state index is 5.71. The van der Waals surface area contributed by atoms with E-state index >= 15 is 0 Å². The van der Waals surface area contributed by atoms with Crippen LogP contribution in [0.3, 0.4) is 0 Å². The average molecular weight is 332 g/mol. The second kappa shape index (κ2) is 7.75. The smallest absolute Gasteiger partial charge is 0.168 e. The highest BCUT2D eigenvalue weighted by Gasteiger charge is 2.07. The minimum atomic E-state index is 0.293. The largest absolute Gasteiger partial charge is 0.376 e. The highest BCUT2D eigenvalue weighted by molar-refractivity contribution is 7.80. The molecule has 0 saturated heterocycles. The SMILES string of the molecule is NC(=S)Nc1cc(Cc2ccccc2)ccc1Cc1ccccc1. The fraction of sp³-hybridized carbons (Fsp3) is 0.0952. The molecule has 0 aliphatic rings. The Morgan fingerprint density at radius 1 is 0.750 bits per heavy atom. The predicted molar refractivity (Wildman–Crippen MR) is 105 cm³/mol. The van der Waals surface area contributed by atoms with Crippen LogP contribution in [0.5, 0.6) is 0 Å². The standard InChI is InChI=1S/C21H20N2S/c22-21(24)23-20-15-18(13-16-7-3-1-4-8-16)11-12-19(20)14-17-9-5-2-6-10-17/h1-12,15H,13-14H2,(H3,22,23,24). The summed E-state index contributed by atoms with van der Waals surface area (Å²) >= 11 is 5.04. The molecular weight excluding hydrogens is 312 g/mol. The molecule has 0 aliphatic heterocycles. The Hall–Kier alpha value is -2.65. The molecule has 0 atom stereocenters. The van der Waals surface area contributed by atoms with Crippen molar-refractivity contribution in [2.75, 3.05) is 5.32 Å². The number of rotatable bonds is 5. The Balaban J connectivity index is 1.87. The highest BCUT2D eigenvalue weighted by atomic mass is 32.1. The van der Waals surface area contributed by atoms with Gasteiger partial charge in [-0.1, -0.05) is 72.8 Å². The summed E-state index contributed by atoms with van der Waals surface area (Å²) in [6.45, 7) is 0. The van der Waals surface area contributed by atoms with Gasteiger partial charge in [0.25, 0.3) is 0 Å². The summed E-state index contributed by atoms with van der Waals surface area (Å²) in [7, 11) is 0. The minimum absolute atomic E-state index is 0.293. The lowest BCUT2D eigenvalue weighted by atomic mass is 9.98.